The third kappa shape index (κ3) is 5.32. The second-order valence-electron chi connectivity index (χ2n) is 9.23. The summed E-state index contributed by atoms with van der Waals surface area (Å²) >= 11 is 3.73. The van der Waals surface area contributed by atoms with Crippen molar-refractivity contribution in [1.29, 1.82) is 0 Å². The topological polar surface area (TPSA) is 106 Å². The van der Waals surface area contributed by atoms with Crippen LogP contribution in [0.15, 0.2) is 59.3 Å². The lowest BCUT2D eigenvalue weighted by Crippen LogP contribution is -2.19. The van der Waals surface area contributed by atoms with E-state index in [1.165, 1.54) is 0 Å². The van der Waals surface area contributed by atoms with Gasteiger partial charge in [0.1, 0.15) is 18.1 Å². The SMILES string of the molecule is CC(C)(C)c1cc(NC(=O)Nc2ccc(-c3cn4c(n3)sc3cc(OCCNI)ccc34)cc2)no1. The summed E-state index contributed by atoms with van der Waals surface area (Å²) in [6.45, 7) is 7.45. The Hall–Kier alpha value is -3.16. The van der Waals surface area contributed by atoms with Crippen molar-refractivity contribution in [2.75, 3.05) is 23.8 Å². The Morgan fingerprint density at radius 3 is 2.67 bits per heavy atom. The molecule has 2 amide bonds. The number of fused-ring (bicyclic) bond motifs is 3. The molecule has 0 spiro atoms. The molecule has 3 aromatic heterocycles. The van der Waals surface area contributed by atoms with E-state index in [4.69, 9.17) is 14.2 Å². The molecule has 2 aromatic carbocycles. The molecule has 3 heterocycles. The number of imidazole rings is 1. The summed E-state index contributed by atoms with van der Waals surface area (Å²) in [5.74, 6) is 1.92. The van der Waals surface area contributed by atoms with Crippen LogP contribution < -0.4 is 18.9 Å². The molecule has 0 fully saturated rings. The summed E-state index contributed by atoms with van der Waals surface area (Å²) in [7, 11) is 0. The number of aromatic nitrogens is 3. The molecule has 5 aromatic rings. The van der Waals surface area contributed by atoms with Crippen molar-refractivity contribution in [3.63, 3.8) is 0 Å². The van der Waals surface area contributed by atoms with Gasteiger partial charge in [-0.3, -0.25) is 13.2 Å². The fourth-order valence-electron chi connectivity index (χ4n) is 3.61. The minimum Gasteiger partial charge on any atom is -0.492 e. The highest BCUT2D eigenvalue weighted by Crippen LogP contribution is 2.32. The number of ether oxygens (including phenoxy) is 1. The minimum atomic E-state index is -0.389. The van der Waals surface area contributed by atoms with Crippen molar-refractivity contribution in [1.82, 2.24) is 18.1 Å². The number of carbonyl (C=O) groups is 1. The van der Waals surface area contributed by atoms with Crippen molar-refractivity contribution < 1.29 is 14.1 Å². The van der Waals surface area contributed by atoms with E-state index in [0.29, 0.717) is 23.9 Å². The summed E-state index contributed by atoms with van der Waals surface area (Å²) in [5.41, 5.74) is 3.39. The highest BCUT2D eigenvalue weighted by molar-refractivity contribution is 14.1. The summed E-state index contributed by atoms with van der Waals surface area (Å²) in [6, 6.07) is 15.0. The van der Waals surface area contributed by atoms with E-state index in [0.717, 1.165) is 38.7 Å². The third-order valence-electron chi connectivity index (χ3n) is 5.46. The van der Waals surface area contributed by atoms with Gasteiger partial charge in [-0.15, -0.1) is 0 Å². The van der Waals surface area contributed by atoms with Gasteiger partial charge < -0.3 is 14.6 Å². The smallest absolute Gasteiger partial charge is 0.324 e. The Labute approximate surface area is 225 Å². The molecule has 0 aliphatic carbocycles. The van der Waals surface area contributed by atoms with E-state index in [1.54, 1.807) is 17.4 Å². The lowest BCUT2D eigenvalue weighted by atomic mass is 9.93. The maximum Gasteiger partial charge on any atom is 0.324 e. The Morgan fingerprint density at radius 2 is 1.94 bits per heavy atom. The molecule has 0 aliphatic heterocycles. The number of amides is 2. The van der Waals surface area contributed by atoms with Crippen molar-refractivity contribution in [3.8, 4) is 17.0 Å². The molecule has 0 saturated heterocycles. The number of hydrogen-bond acceptors (Lipinski definition) is 7. The molecular formula is C25H25IN6O3S. The van der Waals surface area contributed by atoms with Crippen LogP contribution in [0.2, 0.25) is 0 Å². The van der Waals surface area contributed by atoms with Crippen LogP contribution in [-0.2, 0) is 5.41 Å². The number of nitrogens with zero attached hydrogens (tertiary/aromatic N) is 3. The fourth-order valence-corrected chi connectivity index (χ4v) is 4.86. The van der Waals surface area contributed by atoms with Gasteiger partial charge in [-0.2, -0.15) is 0 Å². The first-order valence-corrected chi connectivity index (χ1v) is 13.2. The van der Waals surface area contributed by atoms with E-state index in [2.05, 4.69) is 58.7 Å². The first-order chi connectivity index (χ1) is 17.3. The molecule has 0 unspecified atom stereocenters. The van der Waals surface area contributed by atoms with E-state index >= 15 is 0 Å². The zero-order chi connectivity index (χ0) is 25.3. The van der Waals surface area contributed by atoms with Gasteiger partial charge in [0, 0.05) is 58.3 Å². The Bertz CT molecular complexity index is 1520. The van der Waals surface area contributed by atoms with Gasteiger partial charge in [-0.05, 0) is 30.3 Å². The molecular weight excluding hydrogens is 591 g/mol. The average molecular weight is 616 g/mol. The van der Waals surface area contributed by atoms with Crippen LogP contribution >= 0.6 is 34.2 Å². The van der Waals surface area contributed by atoms with Crippen molar-refractivity contribution in [3.05, 3.63) is 60.5 Å². The van der Waals surface area contributed by atoms with Crippen LogP contribution in [0, 0.1) is 0 Å². The van der Waals surface area contributed by atoms with Crippen LogP contribution in [0.4, 0.5) is 16.3 Å². The van der Waals surface area contributed by atoms with Gasteiger partial charge in [0.2, 0.25) is 0 Å². The molecule has 0 aliphatic rings. The van der Waals surface area contributed by atoms with Crippen molar-refractivity contribution in [2.24, 2.45) is 0 Å². The van der Waals surface area contributed by atoms with Crippen molar-refractivity contribution >= 4 is 66.9 Å². The second kappa shape index (κ2) is 10.1. The molecule has 0 bridgehead atoms. The van der Waals surface area contributed by atoms with E-state index < -0.39 is 0 Å². The molecule has 186 valence electrons. The van der Waals surface area contributed by atoms with Gasteiger partial charge in [0.25, 0.3) is 0 Å². The second-order valence-corrected chi connectivity index (χ2v) is 11.0. The van der Waals surface area contributed by atoms with E-state index in [-0.39, 0.29) is 11.4 Å². The first-order valence-electron chi connectivity index (χ1n) is 11.3. The summed E-state index contributed by atoms with van der Waals surface area (Å²) in [5, 5.41) is 9.42. The number of hydrogen-bond donors (Lipinski definition) is 3. The molecule has 0 saturated carbocycles. The van der Waals surface area contributed by atoms with Gasteiger partial charge in [0.05, 0.1) is 15.9 Å². The number of rotatable bonds is 7. The lowest BCUT2D eigenvalue weighted by Gasteiger charge is -2.12. The quantitative estimate of drug-likeness (QED) is 0.110. The Morgan fingerprint density at radius 1 is 1.14 bits per heavy atom. The highest BCUT2D eigenvalue weighted by atomic mass is 127. The minimum absolute atomic E-state index is 0.184. The number of urea groups is 1. The maximum atomic E-state index is 12.4. The average Bonchev–Trinajstić information content (AvgIpc) is 3.54. The van der Waals surface area contributed by atoms with E-state index in [9.17, 15) is 4.79 Å². The third-order valence-corrected chi connectivity index (χ3v) is 7.02. The predicted octanol–water partition coefficient (Wildman–Crippen LogP) is 6.46. The van der Waals surface area contributed by atoms with Gasteiger partial charge in [0.15, 0.2) is 10.8 Å². The molecule has 36 heavy (non-hydrogen) atoms. The van der Waals surface area contributed by atoms with Crippen LogP contribution in [0.5, 0.6) is 5.75 Å². The number of halogens is 1. The van der Waals surface area contributed by atoms with Crippen LogP contribution in [0.25, 0.3) is 26.4 Å². The maximum absolute atomic E-state index is 12.4. The van der Waals surface area contributed by atoms with Crippen molar-refractivity contribution in [2.45, 2.75) is 26.2 Å². The zero-order valence-corrected chi connectivity index (χ0v) is 22.9. The molecule has 9 nitrogen and oxygen atoms in total. The van der Waals surface area contributed by atoms with Crippen LogP contribution in [0.3, 0.4) is 0 Å². The molecule has 3 N–H and O–H groups in total. The standard InChI is InChI=1S/C25H25IN6O3S/c1-25(2,3)21-13-22(31-35-21)30-23(33)28-16-6-4-15(5-7-16)18-14-32-19-9-8-17(34-11-10-27-26)12-20(19)36-24(32)29-18/h4-9,12-14,27H,10-11H2,1-3H3,(H2,28,30,31,33). The van der Waals surface area contributed by atoms with Gasteiger partial charge >= 0.3 is 6.03 Å². The molecule has 11 heteroatoms. The zero-order valence-electron chi connectivity index (χ0n) is 20.0. The number of carbonyl (C=O) groups excluding carboxylic acids is 1. The molecule has 0 radical (unpaired) electrons. The van der Waals surface area contributed by atoms with Crippen LogP contribution in [0.1, 0.15) is 26.5 Å². The summed E-state index contributed by atoms with van der Waals surface area (Å²) in [4.78, 5) is 18.1. The fraction of sp³-hybridized carbons (Fsp3) is 0.240. The normalized spacial score (nSPS) is 11.8. The largest absolute Gasteiger partial charge is 0.492 e. The number of benzene rings is 2. The number of anilines is 2. The summed E-state index contributed by atoms with van der Waals surface area (Å²) in [6.07, 6.45) is 2.03. The lowest BCUT2D eigenvalue weighted by molar-refractivity contribution is 0.262. The highest BCUT2D eigenvalue weighted by Gasteiger charge is 2.20. The Balaban J connectivity index is 1.26. The van der Waals surface area contributed by atoms with E-state index in [1.807, 2.05) is 57.3 Å². The monoisotopic (exact) mass is 616 g/mol. The number of thiazole rings is 1. The molecule has 0 atom stereocenters. The number of nitrogens with one attached hydrogen (secondary N) is 3. The summed E-state index contributed by atoms with van der Waals surface area (Å²) < 4.78 is 17.3. The van der Waals surface area contributed by atoms with Gasteiger partial charge in [-0.25, -0.2) is 9.78 Å². The van der Waals surface area contributed by atoms with Gasteiger partial charge in [-0.1, -0.05) is 49.4 Å². The predicted molar refractivity (Wildman–Crippen MR) is 151 cm³/mol. The first kappa shape index (κ1) is 24.5. The van der Waals surface area contributed by atoms with Crippen LogP contribution in [-0.4, -0.2) is 33.7 Å². The molecule has 5 rings (SSSR count). The Kier molecular flexibility index (Phi) is 6.86.